The van der Waals surface area contributed by atoms with Crippen LogP contribution in [-0.4, -0.2) is 5.97 Å². The predicted octanol–water partition coefficient (Wildman–Crippen LogP) is 4.02. The normalized spacial score (nSPS) is 10.5. The molecule has 0 aliphatic carbocycles. The lowest BCUT2D eigenvalue weighted by atomic mass is 10.1. The van der Waals surface area contributed by atoms with Crippen LogP contribution in [-0.2, 0) is 4.74 Å². The first-order valence-corrected chi connectivity index (χ1v) is 6.71. The van der Waals surface area contributed by atoms with Gasteiger partial charge >= 0.3 is 5.97 Å². The number of carbonyl (C=O) groups is 1. The Morgan fingerprint density at radius 1 is 1.00 bits per heavy atom. The maximum absolute atomic E-state index is 11.9. The van der Waals surface area contributed by atoms with Crippen LogP contribution in [0.3, 0.4) is 0 Å². The molecule has 0 aliphatic rings. The molecule has 0 spiro atoms. The summed E-state index contributed by atoms with van der Waals surface area (Å²) in [6.07, 6.45) is 8.38. The molecule has 0 fully saturated rings. The molecule has 0 aromatic heterocycles. The maximum Gasteiger partial charge on any atom is 0.343 e. The van der Waals surface area contributed by atoms with E-state index in [-0.39, 0.29) is 5.76 Å². The third-order valence-corrected chi connectivity index (χ3v) is 2.77. The lowest BCUT2D eigenvalue weighted by Gasteiger charge is -2.05. The highest BCUT2D eigenvalue weighted by Crippen LogP contribution is 2.14. The second kappa shape index (κ2) is 9.02. The molecule has 0 saturated carbocycles. The van der Waals surface area contributed by atoms with Crippen molar-refractivity contribution in [3.63, 3.8) is 0 Å². The van der Waals surface area contributed by atoms with Crippen molar-refractivity contribution < 1.29 is 14.4 Å². The Labute approximate surface area is 136 Å². The van der Waals surface area contributed by atoms with Gasteiger partial charge in [0.1, 0.15) is 11.5 Å². The molecular weight excluding hydrogens is 290 g/mol. The highest BCUT2D eigenvalue weighted by molar-refractivity contribution is 5.90. The summed E-state index contributed by atoms with van der Waals surface area (Å²) in [6.45, 7) is 15.0. The summed E-state index contributed by atoms with van der Waals surface area (Å²) < 4.78 is 5.12. The van der Waals surface area contributed by atoms with Crippen molar-refractivity contribution in [1.29, 1.82) is 0 Å². The van der Waals surface area contributed by atoms with Crippen LogP contribution in [0, 0.1) is 0 Å². The predicted molar refractivity (Wildman–Crippen MR) is 92.6 cm³/mol. The van der Waals surface area contributed by atoms with Crippen LogP contribution in [0.5, 0.6) is 5.75 Å². The topological polar surface area (TPSA) is 61.5 Å². The lowest BCUT2D eigenvalue weighted by Crippen LogP contribution is -2.05. The van der Waals surface area contributed by atoms with Gasteiger partial charge in [-0.15, -0.1) is 0 Å². The fourth-order valence-corrected chi connectivity index (χ4v) is 1.47. The van der Waals surface area contributed by atoms with Crippen molar-refractivity contribution >= 4 is 5.97 Å². The van der Waals surface area contributed by atoms with Crippen LogP contribution in [0.25, 0.3) is 0 Å². The number of hydrogen-bond acceptors (Lipinski definition) is 4. The zero-order valence-electron chi connectivity index (χ0n) is 12.8. The number of hydrogen-bond donors (Lipinski definition) is 1. The molecule has 1 aromatic carbocycles. The number of nitrogens with two attached hydrogens (primary N) is 1. The number of allylic oxidation sites excluding steroid dienone is 7. The molecule has 0 unspecified atom stereocenters. The quantitative estimate of drug-likeness (QED) is 0.341. The van der Waals surface area contributed by atoms with Crippen LogP contribution in [0.4, 0.5) is 0 Å². The minimum absolute atomic E-state index is 0.191. The summed E-state index contributed by atoms with van der Waals surface area (Å²) in [5.74, 6) is 5.12. The van der Waals surface area contributed by atoms with Gasteiger partial charge in [0.2, 0.25) is 0 Å². The molecule has 4 heteroatoms. The van der Waals surface area contributed by atoms with Gasteiger partial charge in [0.15, 0.2) is 0 Å². The highest BCUT2D eigenvalue weighted by Gasteiger charge is 2.08. The van der Waals surface area contributed by atoms with Crippen molar-refractivity contribution in [3.8, 4) is 5.75 Å². The van der Waals surface area contributed by atoms with Crippen LogP contribution in [0.15, 0.2) is 97.9 Å². The summed E-state index contributed by atoms with van der Waals surface area (Å²) in [5, 5.41) is 0. The molecule has 4 nitrogen and oxygen atoms in total. The second-order valence-corrected chi connectivity index (χ2v) is 4.48. The molecule has 118 valence electrons. The first kappa shape index (κ1) is 17.9. The van der Waals surface area contributed by atoms with E-state index in [9.17, 15) is 4.79 Å². The molecule has 23 heavy (non-hydrogen) atoms. The van der Waals surface area contributed by atoms with E-state index in [0.717, 1.165) is 5.57 Å². The molecule has 0 radical (unpaired) electrons. The average molecular weight is 309 g/mol. The molecule has 0 amide bonds. The summed E-state index contributed by atoms with van der Waals surface area (Å²) in [5.41, 5.74) is 1.75. The van der Waals surface area contributed by atoms with E-state index in [0.29, 0.717) is 16.9 Å². The fraction of sp³-hybridized carbons (Fsp3) is 0. The SMILES string of the molecule is C=C/C=C\C(=C)C(=C)/C=C\C(=C)OC(=O)c1ccc(ON)cc1. The van der Waals surface area contributed by atoms with E-state index in [1.54, 1.807) is 54.6 Å². The molecule has 0 heterocycles. The van der Waals surface area contributed by atoms with Gasteiger partial charge in [-0.05, 0) is 41.5 Å². The largest absolute Gasteiger partial charge is 0.424 e. The molecule has 1 aromatic rings. The van der Waals surface area contributed by atoms with Gasteiger partial charge in [-0.25, -0.2) is 4.79 Å². The van der Waals surface area contributed by atoms with Crippen LogP contribution in [0.2, 0.25) is 0 Å². The van der Waals surface area contributed by atoms with Gasteiger partial charge in [-0.3, -0.25) is 0 Å². The monoisotopic (exact) mass is 309 g/mol. The fourth-order valence-electron chi connectivity index (χ4n) is 1.47. The smallest absolute Gasteiger partial charge is 0.343 e. The van der Waals surface area contributed by atoms with E-state index >= 15 is 0 Å². The van der Waals surface area contributed by atoms with Gasteiger partial charge < -0.3 is 9.57 Å². The summed E-state index contributed by atoms with van der Waals surface area (Å²) in [6, 6.07) is 6.21. The Kier molecular flexibility index (Phi) is 7.04. The van der Waals surface area contributed by atoms with Crippen LogP contribution in [0.1, 0.15) is 10.4 Å². The Hall–Kier alpha value is -3.11. The van der Waals surface area contributed by atoms with Gasteiger partial charge in [-0.1, -0.05) is 50.6 Å². The number of ether oxygens (including phenoxy) is 1. The van der Waals surface area contributed by atoms with Crippen molar-refractivity contribution in [1.82, 2.24) is 0 Å². The highest BCUT2D eigenvalue weighted by atomic mass is 16.6. The Bertz CT molecular complexity index is 679. The van der Waals surface area contributed by atoms with E-state index in [2.05, 4.69) is 31.2 Å². The summed E-state index contributed by atoms with van der Waals surface area (Å²) >= 11 is 0. The maximum atomic E-state index is 11.9. The standard InChI is InChI=1S/C19H19NO3/c1-5-6-7-14(2)15(3)8-9-16(4)22-19(21)17-10-12-18(23-20)13-11-17/h5-13H,1-4,20H2/b7-6-,9-8-. The first-order valence-electron chi connectivity index (χ1n) is 6.71. The zero-order valence-corrected chi connectivity index (χ0v) is 12.8. The first-order chi connectivity index (χ1) is 11.0. The van der Waals surface area contributed by atoms with E-state index < -0.39 is 5.97 Å². The van der Waals surface area contributed by atoms with Gasteiger partial charge in [0.25, 0.3) is 0 Å². The summed E-state index contributed by atoms with van der Waals surface area (Å²) in [4.78, 5) is 16.5. The van der Waals surface area contributed by atoms with E-state index in [1.807, 2.05) is 0 Å². The second-order valence-electron chi connectivity index (χ2n) is 4.48. The van der Waals surface area contributed by atoms with Gasteiger partial charge in [0.05, 0.1) is 5.56 Å². The number of esters is 1. The van der Waals surface area contributed by atoms with Crippen LogP contribution < -0.4 is 10.7 Å². The zero-order chi connectivity index (χ0) is 17.2. The Morgan fingerprint density at radius 2 is 1.61 bits per heavy atom. The van der Waals surface area contributed by atoms with Crippen LogP contribution >= 0.6 is 0 Å². The Morgan fingerprint density at radius 3 is 2.17 bits per heavy atom. The molecule has 0 atom stereocenters. The molecular formula is C19H19NO3. The average Bonchev–Trinajstić information content (AvgIpc) is 2.57. The van der Waals surface area contributed by atoms with Crippen molar-refractivity contribution in [3.05, 3.63) is 103 Å². The lowest BCUT2D eigenvalue weighted by molar-refractivity contribution is 0.0638. The number of benzene rings is 1. The van der Waals surface area contributed by atoms with Crippen molar-refractivity contribution in [2.24, 2.45) is 5.90 Å². The summed E-state index contributed by atoms with van der Waals surface area (Å²) in [7, 11) is 0. The third kappa shape index (κ3) is 6.03. The minimum Gasteiger partial charge on any atom is -0.424 e. The third-order valence-electron chi connectivity index (χ3n) is 2.77. The number of rotatable bonds is 8. The molecule has 0 bridgehead atoms. The minimum atomic E-state index is -0.529. The number of carbonyl (C=O) groups excluding carboxylic acids is 1. The Balaban J connectivity index is 2.61. The molecule has 0 saturated heterocycles. The van der Waals surface area contributed by atoms with Crippen molar-refractivity contribution in [2.45, 2.75) is 0 Å². The van der Waals surface area contributed by atoms with Gasteiger partial charge in [-0.2, -0.15) is 5.90 Å². The molecule has 0 aliphatic heterocycles. The van der Waals surface area contributed by atoms with Crippen molar-refractivity contribution in [2.75, 3.05) is 0 Å². The molecule has 2 N–H and O–H groups in total. The van der Waals surface area contributed by atoms with E-state index in [4.69, 9.17) is 10.6 Å². The molecule has 1 rings (SSSR count). The van der Waals surface area contributed by atoms with Gasteiger partial charge in [0, 0.05) is 0 Å². The van der Waals surface area contributed by atoms with E-state index in [1.165, 1.54) is 0 Å².